The van der Waals surface area contributed by atoms with Gasteiger partial charge in [-0.25, -0.2) is 0 Å². The van der Waals surface area contributed by atoms with Crippen molar-refractivity contribution in [2.24, 2.45) is 5.92 Å². The summed E-state index contributed by atoms with van der Waals surface area (Å²) in [7, 11) is 7.03. The number of phenolic OH excluding ortho intramolecular Hbond substituents is 2. The number of benzene rings is 3. The molecule has 2 aliphatic carbocycles. The SMILES string of the molecule is CC(C)Cc1cc(-c2oc3cc(O)cc(O[C@@H]4CC[C@H](O)C5(CCCCC5)SSCCC[C@H]4O)c3c(=O)c2O)c2c(c1O)Cc1cccc(c1)[C@@H](NC1CCCCC1)CSSC2. The summed E-state index contributed by atoms with van der Waals surface area (Å²) in [6.45, 7) is 4.18. The van der Waals surface area contributed by atoms with Gasteiger partial charge in [0.1, 0.15) is 34.3 Å². The fourth-order valence-electron chi connectivity index (χ4n) is 10.0. The third kappa shape index (κ3) is 10.4. The fourth-order valence-corrected chi connectivity index (χ4v) is 15.8. The van der Waals surface area contributed by atoms with Gasteiger partial charge in [0.15, 0.2) is 5.76 Å². The van der Waals surface area contributed by atoms with Crippen LogP contribution in [0.1, 0.15) is 138 Å². The molecule has 2 aliphatic heterocycles. The maximum atomic E-state index is 14.5. The van der Waals surface area contributed by atoms with E-state index < -0.39 is 29.5 Å². The Bertz CT molecular complexity index is 2240. The molecule has 2 bridgehead atoms. The predicted molar refractivity (Wildman–Crippen MR) is 258 cm³/mol. The molecule has 0 radical (unpaired) electrons. The van der Waals surface area contributed by atoms with Gasteiger partial charge < -0.3 is 40.0 Å². The maximum Gasteiger partial charge on any atom is 0.238 e. The molecule has 62 heavy (non-hydrogen) atoms. The second kappa shape index (κ2) is 20.7. The van der Waals surface area contributed by atoms with Crippen molar-refractivity contribution in [3.63, 3.8) is 0 Å². The highest BCUT2D eigenvalue weighted by Gasteiger charge is 2.41. The van der Waals surface area contributed by atoms with Gasteiger partial charge in [-0.1, -0.05) is 120 Å². The number of fused-ring (bicyclic) bond motifs is 4. The van der Waals surface area contributed by atoms with Gasteiger partial charge in [-0.2, -0.15) is 0 Å². The van der Waals surface area contributed by atoms with Crippen molar-refractivity contribution in [2.45, 2.75) is 157 Å². The van der Waals surface area contributed by atoms with Gasteiger partial charge >= 0.3 is 0 Å². The first-order valence-electron chi connectivity index (χ1n) is 22.8. The van der Waals surface area contributed by atoms with E-state index in [9.17, 15) is 30.3 Å². The topological polar surface area (TPSA) is 153 Å². The van der Waals surface area contributed by atoms with Gasteiger partial charge in [-0.3, -0.25) is 4.79 Å². The van der Waals surface area contributed by atoms with Crippen molar-refractivity contribution in [1.82, 2.24) is 5.32 Å². The smallest absolute Gasteiger partial charge is 0.238 e. The zero-order valence-electron chi connectivity index (χ0n) is 36.0. The van der Waals surface area contributed by atoms with Gasteiger partial charge in [0.25, 0.3) is 0 Å². The van der Waals surface area contributed by atoms with Crippen LogP contribution in [-0.2, 0) is 18.6 Å². The van der Waals surface area contributed by atoms with Gasteiger partial charge in [-0.05, 0) is 92.0 Å². The van der Waals surface area contributed by atoms with Crippen LogP contribution in [0.5, 0.6) is 23.0 Å². The fraction of sp³-hybridized carbons (Fsp3) is 0.571. The van der Waals surface area contributed by atoms with E-state index in [0.29, 0.717) is 55.0 Å². The van der Waals surface area contributed by atoms with Crippen LogP contribution in [0.2, 0.25) is 0 Å². The van der Waals surface area contributed by atoms with Gasteiger partial charge in [0.2, 0.25) is 11.2 Å². The average molecular weight is 922 g/mol. The summed E-state index contributed by atoms with van der Waals surface area (Å²) in [5.41, 5.74) is 4.35. The first-order valence-corrected chi connectivity index (χ1v) is 27.6. The van der Waals surface area contributed by atoms with E-state index >= 15 is 0 Å². The molecule has 1 saturated heterocycles. The summed E-state index contributed by atoms with van der Waals surface area (Å²) in [6.07, 6.45) is 12.2. The molecule has 0 amide bonds. The number of nitrogens with one attached hydrogen (secondary N) is 1. The summed E-state index contributed by atoms with van der Waals surface area (Å²) in [4.78, 5) is 14.5. The summed E-state index contributed by atoms with van der Waals surface area (Å²) in [5, 5.41) is 62.2. The normalized spacial score (nSPS) is 24.3. The van der Waals surface area contributed by atoms with Crippen LogP contribution < -0.4 is 15.5 Å². The van der Waals surface area contributed by atoms with Crippen molar-refractivity contribution >= 4 is 54.1 Å². The number of aliphatic hydroxyl groups is 2. The van der Waals surface area contributed by atoms with E-state index in [0.717, 1.165) is 60.3 Å². The highest BCUT2D eigenvalue weighted by atomic mass is 33.1. The Morgan fingerprint density at radius 2 is 1.65 bits per heavy atom. The predicted octanol–water partition coefficient (Wildman–Crippen LogP) is 11.4. The zero-order chi connectivity index (χ0) is 43.4. The zero-order valence-corrected chi connectivity index (χ0v) is 39.3. The molecule has 6 N–H and O–H groups in total. The number of ether oxygens (including phenoxy) is 1. The van der Waals surface area contributed by atoms with Crippen LogP contribution in [0.25, 0.3) is 22.3 Å². The second-order valence-electron chi connectivity index (χ2n) is 18.4. The Kier molecular flexibility index (Phi) is 15.3. The van der Waals surface area contributed by atoms with E-state index in [1.807, 2.05) is 6.07 Å². The highest BCUT2D eigenvalue weighted by molar-refractivity contribution is 8.77. The van der Waals surface area contributed by atoms with E-state index in [1.165, 1.54) is 56.2 Å². The maximum absolute atomic E-state index is 14.5. The Morgan fingerprint density at radius 3 is 2.44 bits per heavy atom. The molecule has 0 unspecified atom stereocenters. The van der Waals surface area contributed by atoms with Crippen LogP contribution >= 0.6 is 43.2 Å². The lowest BCUT2D eigenvalue weighted by Gasteiger charge is -2.40. The Balaban J connectivity index is 1.16. The lowest BCUT2D eigenvalue weighted by Crippen LogP contribution is -2.42. The summed E-state index contributed by atoms with van der Waals surface area (Å²) in [5.74, 6) is 1.78. The number of hydrogen-bond donors (Lipinski definition) is 6. The third-order valence-corrected chi connectivity index (χ3v) is 19.1. The van der Waals surface area contributed by atoms with Crippen LogP contribution in [0.15, 0.2) is 51.7 Å². The first kappa shape index (κ1) is 45.9. The monoisotopic (exact) mass is 921 g/mol. The molecular weight excluding hydrogens is 859 g/mol. The molecule has 8 rings (SSSR count). The van der Waals surface area contributed by atoms with E-state index in [4.69, 9.17) is 9.15 Å². The molecule has 2 saturated carbocycles. The molecule has 4 atom stereocenters. The molecular formula is C49H63NO8S4. The number of phenols is 2. The largest absolute Gasteiger partial charge is 0.508 e. The lowest BCUT2D eigenvalue weighted by molar-refractivity contribution is 0.0118. The van der Waals surface area contributed by atoms with Crippen LogP contribution in [0.4, 0.5) is 0 Å². The molecule has 1 aromatic heterocycles. The molecule has 13 heteroatoms. The molecule has 3 fully saturated rings. The van der Waals surface area contributed by atoms with Gasteiger partial charge in [0, 0.05) is 59.0 Å². The van der Waals surface area contributed by atoms with Crippen molar-refractivity contribution in [1.29, 1.82) is 0 Å². The van der Waals surface area contributed by atoms with Crippen molar-refractivity contribution in [2.75, 3.05) is 11.5 Å². The standard InChI is InChI=1S/C49H63NO8S4/c1-29(2)21-32-24-36(37-27-60-61-28-38(50-33-13-5-3-6-14-33)31-12-9-11-30(22-31)23-35(37)45(32)54)48-47(56)46(55)44-41(25-34(51)26-42(44)58-48)57-40-16-17-43(53)49(18-7-4-8-19-49)62-59-20-10-15-39(40)52/h9,11-12,22,24-26,29,33,38-40,43,50-54,56H,3-8,10,13-21,23,27-28H2,1-2H3/t38-,39+,40+,43-/m0/s1. The Hall–Kier alpha value is -2.65. The van der Waals surface area contributed by atoms with Crippen LogP contribution in [0.3, 0.4) is 0 Å². The van der Waals surface area contributed by atoms with Gasteiger partial charge in [-0.15, -0.1) is 0 Å². The number of aliphatic hydroxyl groups excluding tert-OH is 2. The molecule has 4 aromatic rings. The van der Waals surface area contributed by atoms with E-state index in [2.05, 4.69) is 43.4 Å². The molecule has 9 nitrogen and oxygen atoms in total. The number of aromatic hydroxyl groups is 3. The van der Waals surface area contributed by atoms with E-state index in [1.54, 1.807) is 43.2 Å². The number of hydrogen-bond acceptors (Lipinski definition) is 13. The summed E-state index contributed by atoms with van der Waals surface area (Å²) >= 11 is 0. The van der Waals surface area contributed by atoms with Crippen molar-refractivity contribution in [3.8, 4) is 34.3 Å². The summed E-state index contributed by atoms with van der Waals surface area (Å²) < 4.78 is 12.8. The summed E-state index contributed by atoms with van der Waals surface area (Å²) in [6, 6.07) is 13.9. The Morgan fingerprint density at radius 1 is 0.855 bits per heavy atom. The number of rotatable bonds is 7. The Labute approximate surface area is 381 Å². The quantitative estimate of drug-likeness (QED) is 0.0976. The van der Waals surface area contributed by atoms with E-state index in [-0.39, 0.29) is 50.7 Å². The lowest BCUT2D eigenvalue weighted by atomic mass is 9.82. The average Bonchev–Trinajstić information content (AvgIpc) is 3.29. The van der Waals surface area contributed by atoms with Crippen LogP contribution in [-0.4, -0.2) is 66.1 Å². The van der Waals surface area contributed by atoms with Crippen molar-refractivity contribution in [3.05, 3.63) is 80.5 Å². The minimum absolute atomic E-state index is 0.00822. The van der Waals surface area contributed by atoms with Gasteiger partial charge in [0.05, 0.1) is 17.0 Å². The highest BCUT2D eigenvalue weighted by Crippen LogP contribution is 2.50. The molecule has 336 valence electrons. The minimum atomic E-state index is -0.881. The van der Waals surface area contributed by atoms with Crippen LogP contribution in [0, 0.1) is 5.92 Å². The molecule has 4 aliphatic rings. The molecule has 3 aromatic carbocycles. The van der Waals surface area contributed by atoms with Crippen molar-refractivity contribution < 1.29 is 34.7 Å². The molecule has 3 heterocycles. The molecule has 1 spiro atoms. The minimum Gasteiger partial charge on any atom is -0.508 e. The third-order valence-electron chi connectivity index (χ3n) is 13.4. The first-order chi connectivity index (χ1) is 30.0. The second-order valence-corrected chi connectivity index (χ2v) is 23.8.